The summed E-state index contributed by atoms with van der Waals surface area (Å²) in [4.78, 5) is 14.3. The van der Waals surface area contributed by atoms with E-state index >= 15 is 0 Å². The number of alkyl halides is 1. The van der Waals surface area contributed by atoms with Gasteiger partial charge in [0.05, 0.1) is 5.38 Å². The molecule has 1 aromatic heterocycles. The third kappa shape index (κ3) is 2.36. The van der Waals surface area contributed by atoms with Crippen molar-refractivity contribution >= 4 is 28.8 Å². The number of nitrogens with one attached hydrogen (secondary N) is 1. The van der Waals surface area contributed by atoms with Gasteiger partial charge in [0, 0.05) is 21.9 Å². The molecule has 0 saturated carbocycles. The number of benzene rings is 1. The van der Waals surface area contributed by atoms with Gasteiger partial charge in [-0.15, -0.1) is 22.9 Å². The summed E-state index contributed by atoms with van der Waals surface area (Å²) in [5.41, 5.74) is 4.14. The van der Waals surface area contributed by atoms with Crippen LogP contribution in [0, 0.1) is 13.8 Å². The van der Waals surface area contributed by atoms with Gasteiger partial charge in [0.2, 0.25) is 0 Å². The second-order valence-electron chi connectivity index (χ2n) is 5.17. The molecule has 1 unspecified atom stereocenters. The molecule has 0 aliphatic carbocycles. The molecule has 1 aromatic carbocycles. The van der Waals surface area contributed by atoms with E-state index in [2.05, 4.69) is 25.2 Å². The van der Waals surface area contributed by atoms with Crippen LogP contribution in [0.3, 0.4) is 0 Å². The lowest BCUT2D eigenvalue weighted by molar-refractivity contribution is 0.0946. The summed E-state index contributed by atoms with van der Waals surface area (Å²) in [7, 11) is 0. The third-order valence-electron chi connectivity index (χ3n) is 3.79. The number of amides is 1. The summed E-state index contributed by atoms with van der Waals surface area (Å²) in [5.74, 6) is 0.00973. The predicted molar refractivity (Wildman–Crippen MR) is 84.0 cm³/mol. The van der Waals surface area contributed by atoms with Crippen LogP contribution in [-0.4, -0.2) is 12.5 Å². The average molecular weight is 306 g/mol. The number of rotatable bonds is 2. The fourth-order valence-electron chi connectivity index (χ4n) is 2.48. The minimum Gasteiger partial charge on any atom is -0.352 e. The van der Waals surface area contributed by atoms with Crippen molar-refractivity contribution < 1.29 is 4.79 Å². The first kappa shape index (κ1) is 13.7. The second kappa shape index (κ2) is 5.23. The molecule has 2 aromatic rings. The van der Waals surface area contributed by atoms with E-state index in [0.717, 1.165) is 34.5 Å². The van der Waals surface area contributed by atoms with Crippen LogP contribution >= 0.6 is 22.9 Å². The Morgan fingerprint density at radius 2 is 2.10 bits per heavy atom. The highest BCUT2D eigenvalue weighted by Crippen LogP contribution is 2.36. The van der Waals surface area contributed by atoms with E-state index in [4.69, 9.17) is 11.6 Å². The molecule has 1 aliphatic heterocycles. The fraction of sp³-hybridized carbons (Fsp3) is 0.312. The Hall–Kier alpha value is -1.32. The van der Waals surface area contributed by atoms with E-state index < -0.39 is 0 Å². The van der Waals surface area contributed by atoms with E-state index in [0.29, 0.717) is 0 Å². The Bertz CT molecular complexity index is 658. The Kier molecular flexibility index (Phi) is 3.57. The average Bonchev–Trinajstić information content (AvgIpc) is 2.78. The first-order valence-corrected chi connectivity index (χ1v) is 7.93. The second-order valence-corrected chi connectivity index (χ2v) is 6.90. The molecule has 2 nitrogen and oxygen atoms in total. The first-order valence-electron chi connectivity index (χ1n) is 6.68. The zero-order valence-electron chi connectivity index (χ0n) is 11.5. The maximum absolute atomic E-state index is 11.9. The summed E-state index contributed by atoms with van der Waals surface area (Å²) in [6.45, 7) is 4.92. The molecule has 4 heteroatoms. The largest absolute Gasteiger partial charge is 0.352 e. The number of thiophene rings is 1. The molecule has 1 amide bonds. The van der Waals surface area contributed by atoms with Gasteiger partial charge in [-0.3, -0.25) is 4.79 Å². The fourth-order valence-corrected chi connectivity index (χ4v) is 3.86. The third-order valence-corrected chi connectivity index (χ3v) is 5.62. The van der Waals surface area contributed by atoms with E-state index in [1.165, 1.54) is 10.4 Å². The molecular weight excluding hydrogens is 290 g/mol. The quantitative estimate of drug-likeness (QED) is 0.836. The van der Waals surface area contributed by atoms with Gasteiger partial charge in [0.25, 0.3) is 5.91 Å². The van der Waals surface area contributed by atoms with E-state index in [9.17, 15) is 4.79 Å². The highest BCUT2D eigenvalue weighted by atomic mass is 35.5. The van der Waals surface area contributed by atoms with Gasteiger partial charge in [0.1, 0.15) is 0 Å². The van der Waals surface area contributed by atoms with Gasteiger partial charge in [-0.25, -0.2) is 0 Å². The maximum atomic E-state index is 11.9. The number of hydrogen-bond donors (Lipinski definition) is 1. The molecule has 1 atom stereocenters. The van der Waals surface area contributed by atoms with Gasteiger partial charge in [0.15, 0.2) is 0 Å². The van der Waals surface area contributed by atoms with Crippen molar-refractivity contribution in [3.63, 3.8) is 0 Å². The van der Waals surface area contributed by atoms with E-state index in [1.54, 1.807) is 11.3 Å². The number of hydrogen-bond acceptors (Lipinski definition) is 2. The van der Waals surface area contributed by atoms with Gasteiger partial charge in [-0.05, 0) is 49.1 Å². The van der Waals surface area contributed by atoms with Gasteiger partial charge < -0.3 is 5.32 Å². The van der Waals surface area contributed by atoms with Crippen LogP contribution in [0.4, 0.5) is 0 Å². The minimum atomic E-state index is -0.188. The van der Waals surface area contributed by atoms with Crippen LogP contribution in [0.15, 0.2) is 24.3 Å². The molecule has 0 saturated heterocycles. The molecule has 1 N–H and O–H groups in total. The summed E-state index contributed by atoms with van der Waals surface area (Å²) in [6.07, 6.45) is 0.894. The summed E-state index contributed by atoms with van der Waals surface area (Å²) in [5, 5.41) is 2.69. The molecule has 0 spiro atoms. The highest BCUT2D eigenvalue weighted by molar-refractivity contribution is 7.12. The number of halogens is 1. The Morgan fingerprint density at radius 1 is 1.30 bits per heavy atom. The standard InChI is InChI=1S/C16H16ClNOS/c1-9-7-14(20-10(9)2)15(17)12-4-3-11-5-6-18-16(19)13(11)8-12/h3-4,7-8,15H,5-6H2,1-2H3,(H,18,19). The molecule has 1 aliphatic rings. The SMILES string of the molecule is Cc1cc(C(Cl)c2ccc3c(c2)C(=O)NCC3)sc1C. The lowest BCUT2D eigenvalue weighted by Crippen LogP contribution is -2.31. The lowest BCUT2D eigenvalue weighted by atomic mass is 9.96. The summed E-state index contributed by atoms with van der Waals surface area (Å²) >= 11 is 8.31. The van der Waals surface area contributed by atoms with E-state index in [-0.39, 0.29) is 11.3 Å². The normalized spacial score (nSPS) is 15.7. The van der Waals surface area contributed by atoms with Crippen LogP contribution in [-0.2, 0) is 6.42 Å². The molecule has 3 rings (SSSR count). The van der Waals surface area contributed by atoms with Gasteiger partial charge in [-0.1, -0.05) is 12.1 Å². The number of fused-ring (bicyclic) bond motifs is 1. The van der Waals surface area contributed by atoms with Crippen LogP contribution in [0.25, 0.3) is 0 Å². The molecule has 0 fully saturated rings. The Balaban J connectivity index is 1.98. The minimum absolute atomic E-state index is 0.00973. The van der Waals surface area contributed by atoms with Crippen molar-refractivity contribution in [3.05, 3.63) is 56.3 Å². The van der Waals surface area contributed by atoms with Crippen LogP contribution in [0.2, 0.25) is 0 Å². The molecular formula is C16H16ClNOS. The highest BCUT2D eigenvalue weighted by Gasteiger charge is 2.20. The van der Waals surface area contributed by atoms with Gasteiger partial charge >= 0.3 is 0 Å². The zero-order valence-corrected chi connectivity index (χ0v) is 13.1. The zero-order chi connectivity index (χ0) is 14.3. The van der Waals surface area contributed by atoms with Crippen LogP contribution in [0.1, 0.15) is 42.2 Å². The predicted octanol–water partition coefficient (Wildman–Crippen LogP) is 3.98. The lowest BCUT2D eigenvalue weighted by Gasteiger charge is -2.18. The van der Waals surface area contributed by atoms with Crippen LogP contribution < -0.4 is 5.32 Å². The van der Waals surface area contributed by atoms with Crippen molar-refractivity contribution in [2.45, 2.75) is 25.6 Å². The van der Waals surface area contributed by atoms with E-state index in [1.807, 2.05) is 18.2 Å². The van der Waals surface area contributed by atoms with Crippen molar-refractivity contribution in [1.29, 1.82) is 0 Å². The molecule has 0 bridgehead atoms. The van der Waals surface area contributed by atoms with Crippen LogP contribution in [0.5, 0.6) is 0 Å². The molecule has 0 radical (unpaired) electrons. The Morgan fingerprint density at radius 3 is 2.80 bits per heavy atom. The Labute approximate surface area is 127 Å². The summed E-state index contributed by atoms with van der Waals surface area (Å²) in [6, 6.07) is 8.15. The smallest absolute Gasteiger partial charge is 0.251 e. The molecule has 2 heterocycles. The monoisotopic (exact) mass is 305 g/mol. The van der Waals surface area contributed by atoms with Crippen molar-refractivity contribution in [1.82, 2.24) is 5.32 Å². The van der Waals surface area contributed by atoms with Crippen molar-refractivity contribution in [2.75, 3.05) is 6.54 Å². The molecule has 104 valence electrons. The van der Waals surface area contributed by atoms with Crippen molar-refractivity contribution in [2.24, 2.45) is 0 Å². The summed E-state index contributed by atoms with van der Waals surface area (Å²) < 4.78 is 0. The number of carbonyl (C=O) groups is 1. The van der Waals surface area contributed by atoms with Crippen molar-refractivity contribution in [3.8, 4) is 0 Å². The number of carbonyl (C=O) groups excluding carboxylic acids is 1. The van der Waals surface area contributed by atoms with Gasteiger partial charge in [-0.2, -0.15) is 0 Å². The maximum Gasteiger partial charge on any atom is 0.251 e. The molecule has 20 heavy (non-hydrogen) atoms. The first-order chi connectivity index (χ1) is 9.56. The topological polar surface area (TPSA) is 29.1 Å². The number of aryl methyl sites for hydroxylation is 2.